The number of benzene rings is 3. The lowest BCUT2D eigenvalue weighted by atomic mass is 10.2. The van der Waals surface area contributed by atoms with Crippen LogP contribution in [0.2, 0.25) is 0 Å². The number of carbonyl (C=O) groups excluding carboxylic acids is 1. The van der Waals surface area contributed by atoms with Crippen molar-refractivity contribution in [2.24, 2.45) is 0 Å². The van der Waals surface area contributed by atoms with Crippen molar-refractivity contribution in [3.05, 3.63) is 70.7 Å². The fraction of sp³-hybridized carbons (Fsp3) is 0.0870. The molecule has 3 aromatic carbocycles. The van der Waals surface area contributed by atoms with E-state index in [1.54, 1.807) is 50.6 Å². The second-order valence-corrected chi connectivity index (χ2v) is 7.95. The lowest BCUT2D eigenvalue weighted by Crippen LogP contribution is -2.34. The summed E-state index contributed by atoms with van der Waals surface area (Å²) >= 11 is 8.66. The van der Waals surface area contributed by atoms with Gasteiger partial charge in [0.25, 0.3) is 5.91 Å². The first-order valence-electron chi connectivity index (χ1n) is 9.47. The van der Waals surface area contributed by atoms with E-state index in [1.807, 2.05) is 24.3 Å². The SMILES string of the molecule is COc1cccc(-c2nc3cc(NC(=S)NC(=O)c4ccc(OC)c(Br)c4)ccc3o2)c1. The highest BCUT2D eigenvalue weighted by atomic mass is 79.9. The van der Waals surface area contributed by atoms with Gasteiger partial charge in [0.1, 0.15) is 17.0 Å². The van der Waals surface area contributed by atoms with E-state index in [0.717, 1.165) is 11.3 Å². The minimum absolute atomic E-state index is 0.165. The molecule has 1 heterocycles. The van der Waals surface area contributed by atoms with Gasteiger partial charge in [0.15, 0.2) is 10.7 Å². The molecule has 0 spiro atoms. The quantitative estimate of drug-likeness (QED) is 0.347. The zero-order valence-corrected chi connectivity index (χ0v) is 19.5. The third kappa shape index (κ3) is 4.74. The maximum Gasteiger partial charge on any atom is 0.257 e. The van der Waals surface area contributed by atoms with Gasteiger partial charge in [-0.1, -0.05) is 6.07 Å². The maximum atomic E-state index is 12.5. The number of rotatable bonds is 5. The van der Waals surface area contributed by atoms with Gasteiger partial charge in [0, 0.05) is 16.8 Å². The summed E-state index contributed by atoms with van der Waals surface area (Å²) in [5.41, 5.74) is 3.21. The minimum Gasteiger partial charge on any atom is -0.497 e. The fourth-order valence-electron chi connectivity index (χ4n) is 3.03. The van der Waals surface area contributed by atoms with E-state index < -0.39 is 0 Å². The van der Waals surface area contributed by atoms with Crippen LogP contribution in [-0.4, -0.2) is 30.2 Å². The third-order valence-corrected chi connectivity index (χ3v) is 5.43. The molecule has 0 saturated heterocycles. The van der Waals surface area contributed by atoms with Gasteiger partial charge in [-0.05, 0) is 82.7 Å². The zero-order chi connectivity index (χ0) is 22.7. The van der Waals surface area contributed by atoms with Crippen molar-refractivity contribution in [1.82, 2.24) is 10.3 Å². The number of oxazole rings is 1. The Morgan fingerprint density at radius 2 is 1.91 bits per heavy atom. The molecule has 7 nitrogen and oxygen atoms in total. The fourth-order valence-corrected chi connectivity index (χ4v) is 3.78. The maximum absolute atomic E-state index is 12.5. The Hall–Kier alpha value is -3.43. The van der Waals surface area contributed by atoms with Crippen molar-refractivity contribution in [2.75, 3.05) is 19.5 Å². The first kappa shape index (κ1) is 21.8. The molecule has 0 saturated carbocycles. The molecule has 0 aliphatic heterocycles. The molecule has 0 atom stereocenters. The van der Waals surface area contributed by atoms with Crippen LogP contribution in [-0.2, 0) is 0 Å². The highest BCUT2D eigenvalue weighted by Gasteiger charge is 2.13. The molecule has 1 amide bonds. The summed E-state index contributed by atoms with van der Waals surface area (Å²) in [6.07, 6.45) is 0. The van der Waals surface area contributed by atoms with E-state index in [2.05, 4.69) is 31.5 Å². The van der Waals surface area contributed by atoms with Crippen LogP contribution in [0.4, 0.5) is 5.69 Å². The number of anilines is 1. The highest BCUT2D eigenvalue weighted by molar-refractivity contribution is 9.10. The van der Waals surface area contributed by atoms with Gasteiger partial charge in [-0.15, -0.1) is 0 Å². The zero-order valence-electron chi connectivity index (χ0n) is 17.1. The molecular formula is C23H18BrN3O4S. The molecule has 0 bridgehead atoms. The van der Waals surface area contributed by atoms with E-state index in [4.69, 9.17) is 26.1 Å². The molecule has 0 fully saturated rings. The molecule has 32 heavy (non-hydrogen) atoms. The second-order valence-electron chi connectivity index (χ2n) is 6.69. The molecule has 4 rings (SSSR count). The average molecular weight is 512 g/mol. The monoisotopic (exact) mass is 511 g/mol. The van der Waals surface area contributed by atoms with Crippen molar-refractivity contribution >= 4 is 56.0 Å². The van der Waals surface area contributed by atoms with Gasteiger partial charge in [-0.3, -0.25) is 10.1 Å². The predicted octanol–water partition coefficient (Wildman–Crippen LogP) is 5.40. The highest BCUT2D eigenvalue weighted by Crippen LogP contribution is 2.28. The van der Waals surface area contributed by atoms with Gasteiger partial charge in [0.05, 0.1) is 18.7 Å². The first-order valence-corrected chi connectivity index (χ1v) is 10.7. The number of amides is 1. The summed E-state index contributed by atoms with van der Waals surface area (Å²) in [4.78, 5) is 17.0. The summed E-state index contributed by atoms with van der Waals surface area (Å²) in [6, 6.07) is 17.9. The molecule has 0 unspecified atom stereocenters. The minimum atomic E-state index is -0.339. The second kappa shape index (κ2) is 9.37. The van der Waals surface area contributed by atoms with Crippen LogP contribution in [0, 0.1) is 0 Å². The summed E-state index contributed by atoms with van der Waals surface area (Å²) < 4.78 is 17.0. The number of thiocarbonyl (C=S) groups is 1. The van der Waals surface area contributed by atoms with Gasteiger partial charge in [0.2, 0.25) is 5.89 Å². The number of nitrogens with one attached hydrogen (secondary N) is 2. The Labute approximate surface area is 197 Å². The first-order chi connectivity index (χ1) is 15.5. The number of nitrogens with zero attached hydrogens (tertiary/aromatic N) is 1. The summed E-state index contributed by atoms with van der Waals surface area (Å²) in [6.45, 7) is 0. The molecule has 0 aliphatic carbocycles. The number of ether oxygens (including phenoxy) is 2. The number of aromatic nitrogens is 1. The van der Waals surface area contributed by atoms with Crippen molar-refractivity contribution in [2.45, 2.75) is 0 Å². The van der Waals surface area contributed by atoms with E-state index >= 15 is 0 Å². The standard InChI is InChI=1S/C23H18BrN3O4S/c1-29-16-5-3-4-14(10-16)22-26-18-12-15(7-9-20(18)31-22)25-23(32)27-21(28)13-6-8-19(30-2)17(24)11-13/h3-12H,1-2H3,(H2,25,27,28,32). The summed E-state index contributed by atoms with van der Waals surface area (Å²) in [5.74, 6) is 1.50. The van der Waals surface area contributed by atoms with Crippen LogP contribution in [0.15, 0.2) is 69.6 Å². The van der Waals surface area contributed by atoms with Crippen LogP contribution in [0.25, 0.3) is 22.6 Å². The van der Waals surface area contributed by atoms with Crippen molar-refractivity contribution in [3.63, 3.8) is 0 Å². The van der Waals surface area contributed by atoms with Crippen LogP contribution >= 0.6 is 28.1 Å². The molecule has 0 radical (unpaired) electrons. The normalized spacial score (nSPS) is 10.6. The molecule has 162 valence electrons. The third-order valence-electron chi connectivity index (χ3n) is 4.60. The Morgan fingerprint density at radius 3 is 2.66 bits per heavy atom. The van der Waals surface area contributed by atoms with Crippen LogP contribution in [0.3, 0.4) is 0 Å². The van der Waals surface area contributed by atoms with E-state index in [-0.39, 0.29) is 11.0 Å². The van der Waals surface area contributed by atoms with Crippen LogP contribution in [0.5, 0.6) is 11.5 Å². The van der Waals surface area contributed by atoms with E-state index in [0.29, 0.717) is 38.5 Å². The lowest BCUT2D eigenvalue weighted by Gasteiger charge is -2.10. The predicted molar refractivity (Wildman–Crippen MR) is 130 cm³/mol. The van der Waals surface area contributed by atoms with Crippen molar-refractivity contribution < 1.29 is 18.7 Å². The Morgan fingerprint density at radius 1 is 1.06 bits per heavy atom. The Balaban J connectivity index is 1.47. The number of halogens is 1. The lowest BCUT2D eigenvalue weighted by molar-refractivity contribution is 0.0977. The Kier molecular flexibility index (Phi) is 6.38. The molecule has 4 aromatic rings. The summed E-state index contributed by atoms with van der Waals surface area (Å²) in [7, 11) is 3.17. The van der Waals surface area contributed by atoms with E-state index in [1.165, 1.54) is 0 Å². The number of hydrogen-bond acceptors (Lipinski definition) is 6. The van der Waals surface area contributed by atoms with Crippen molar-refractivity contribution in [1.29, 1.82) is 0 Å². The van der Waals surface area contributed by atoms with E-state index in [9.17, 15) is 4.79 Å². The number of carbonyl (C=O) groups is 1. The van der Waals surface area contributed by atoms with Gasteiger partial charge in [-0.25, -0.2) is 4.98 Å². The average Bonchev–Trinajstić information content (AvgIpc) is 3.22. The Bertz CT molecular complexity index is 1320. The largest absolute Gasteiger partial charge is 0.497 e. The summed E-state index contributed by atoms with van der Waals surface area (Å²) in [5, 5.41) is 5.83. The smallest absolute Gasteiger partial charge is 0.257 e. The molecule has 9 heteroatoms. The van der Waals surface area contributed by atoms with Gasteiger partial charge >= 0.3 is 0 Å². The molecule has 0 aliphatic rings. The number of methoxy groups -OCH3 is 2. The molecular weight excluding hydrogens is 494 g/mol. The van der Waals surface area contributed by atoms with Gasteiger partial charge in [-0.2, -0.15) is 0 Å². The number of hydrogen-bond donors (Lipinski definition) is 2. The number of fused-ring (bicyclic) bond motifs is 1. The topological polar surface area (TPSA) is 85.6 Å². The molecule has 1 aromatic heterocycles. The molecule has 2 N–H and O–H groups in total. The van der Waals surface area contributed by atoms with Gasteiger partial charge < -0.3 is 19.2 Å². The van der Waals surface area contributed by atoms with Crippen LogP contribution < -0.4 is 20.1 Å². The van der Waals surface area contributed by atoms with Crippen molar-refractivity contribution in [3.8, 4) is 23.0 Å². The van der Waals surface area contributed by atoms with Crippen LogP contribution in [0.1, 0.15) is 10.4 Å².